The second kappa shape index (κ2) is 6.51. The molecule has 4 fully saturated rings. The van der Waals surface area contributed by atoms with Gasteiger partial charge in [-0.2, -0.15) is 0 Å². The Kier molecular flexibility index (Phi) is 4.77. The number of rotatable bonds is 3. The lowest BCUT2D eigenvalue weighted by Gasteiger charge is -2.61. The van der Waals surface area contributed by atoms with E-state index in [1.54, 1.807) is 0 Å². The molecule has 0 aromatic carbocycles. The highest BCUT2D eigenvalue weighted by Crippen LogP contribution is 2.67. The summed E-state index contributed by atoms with van der Waals surface area (Å²) >= 11 is 0. The van der Waals surface area contributed by atoms with Crippen molar-refractivity contribution in [3.05, 3.63) is 0 Å². The molecule has 4 rings (SSSR count). The molecule has 0 spiro atoms. The Bertz CT molecular complexity index is 490. The van der Waals surface area contributed by atoms with Crippen molar-refractivity contribution >= 4 is 0 Å². The minimum Gasteiger partial charge on any atom is -0.381 e. The molecule has 0 unspecified atom stereocenters. The van der Waals surface area contributed by atoms with Gasteiger partial charge in [-0.3, -0.25) is 0 Å². The molecule has 0 radical (unpaired) electrons. The summed E-state index contributed by atoms with van der Waals surface area (Å²) in [7, 11) is 3.83. The molecule has 0 N–H and O–H groups in total. The number of methoxy groups -OCH3 is 2. The van der Waals surface area contributed by atoms with Gasteiger partial charge in [-0.15, -0.1) is 0 Å². The van der Waals surface area contributed by atoms with Crippen molar-refractivity contribution in [2.45, 2.75) is 90.8 Å². The molecule has 0 saturated heterocycles. The first-order chi connectivity index (χ1) is 11.9. The highest BCUT2D eigenvalue weighted by molar-refractivity contribution is 5.09. The van der Waals surface area contributed by atoms with E-state index >= 15 is 0 Å². The van der Waals surface area contributed by atoms with Crippen LogP contribution in [0.4, 0.5) is 0 Å². The fraction of sp³-hybridized carbons (Fsp3) is 1.00. The van der Waals surface area contributed by atoms with Crippen molar-refractivity contribution in [2.24, 2.45) is 40.4 Å². The molecule has 0 amide bonds. The van der Waals surface area contributed by atoms with Gasteiger partial charge in [0.2, 0.25) is 0 Å². The average Bonchev–Trinajstić information content (AvgIpc) is 2.97. The lowest BCUT2D eigenvalue weighted by molar-refractivity contribution is -0.137. The van der Waals surface area contributed by atoms with Crippen LogP contribution in [0.25, 0.3) is 0 Å². The van der Waals surface area contributed by atoms with E-state index in [-0.39, 0.29) is 0 Å². The second-order valence-corrected chi connectivity index (χ2v) is 10.5. The fourth-order valence-corrected chi connectivity index (χ4v) is 8.41. The fourth-order valence-electron chi connectivity index (χ4n) is 8.41. The summed E-state index contributed by atoms with van der Waals surface area (Å²) in [6, 6.07) is 0. The smallest absolute Gasteiger partial charge is 0.0576 e. The molecule has 0 aliphatic heterocycles. The van der Waals surface area contributed by atoms with Gasteiger partial charge in [0.05, 0.1) is 12.2 Å². The first kappa shape index (κ1) is 18.3. The third-order valence-corrected chi connectivity index (χ3v) is 9.96. The van der Waals surface area contributed by atoms with Gasteiger partial charge in [-0.1, -0.05) is 13.8 Å². The summed E-state index contributed by atoms with van der Waals surface area (Å²) in [5, 5.41) is 0. The minimum atomic E-state index is 0.426. The molecular formula is C23H40O2. The molecule has 4 aliphatic carbocycles. The van der Waals surface area contributed by atoms with Crippen molar-refractivity contribution in [1.82, 2.24) is 0 Å². The Morgan fingerprint density at radius 1 is 0.840 bits per heavy atom. The number of hydrogen-bond acceptors (Lipinski definition) is 2. The van der Waals surface area contributed by atoms with Crippen LogP contribution in [0.15, 0.2) is 0 Å². The minimum absolute atomic E-state index is 0.426. The summed E-state index contributed by atoms with van der Waals surface area (Å²) in [5.74, 6) is 4.59. The van der Waals surface area contributed by atoms with E-state index in [1.165, 1.54) is 57.8 Å². The monoisotopic (exact) mass is 348 g/mol. The molecule has 25 heavy (non-hydrogen) atoms. The molecule has 4 saturated carbocycles. The zero-order chi connectivity index (χ0) is 17.8. The highest BCUT2D eigenvalue weighted by atomic mass is 16.5. The Morgan fingerprint density at radius 3 is 2.28 bits per heavy atom. The third kappa shape index (κ3) is 2.64. The molecule has 9 atom stereocenters. The summed E-state index contributed by atoms with van der Waals surface area (Å²) < 4.78 is 11.5. The molecule has 2 nitrogen and oxygen atoms in total. The van der Waals surface area contributed by atoms with Crippen molar-refractivity contribution < 1.29 is 9.47 Å². The predicted molar refractivity (Wildman–Crippen MR) is 102 cm³/mol. The second-order valence-electron chi connectivity index (χ2n) is 10.5. The van der Waals surface area contributed by atoms with Gasteiger partial charge in [0.25, 0.3) is 0 Å². The maximum Gasteiger partial charge on any atom is 0.0576 e. The highest BCUT2D eigenvalue weighted by Gasteiger charge is 2.60. The summed E-state index contributed by atoms with van der Waals surface area (Å²) in [4.78, 5) is 0. The lowest BCUT2D eigenvalue weighted by atomic mass is 9.44. The van der Waals surface area contributed by atoms with E-state index < -0.39 is 0 Å². The van der Waals surface area contributed by atoms with Crippen molar-refractivity contribution in [3.8, 4) is 0 Å². The Morgan fingerprint density at radius 2 is 1.56 bits per heavy atom. The molecule has 0 aromatic heterocycles. The molecule has 0 aromatic rings. The van der Waals surface area contributed by atoms with Crippen molar-refractivity contribution in [1.29, 1.82) is 0 Å². The maximum absolute atomic E-state index is 5.80. The summed E-state index contributed by atoms with van der Waals surface area (Å²) in [6.45, 7) is 7.60. The number of hydrogen-bond donors (Lipinski definition) is 0. The van der Waals surface area contributed by atoms with Crippen LogP contribution in [0.1, 0.15) is 78.6 Å². The largest absolute Gasteiger partial charge is 0.381 e. The van der Waals surface area contributed by atoms with Gasteiger partial charge in [0.1, 0.15) is 0 Å². The zero-order valence-electron chi connectivity index (χ0n) is 17.2. The van der Waals surface area contributed by atoms with Gasteiger partial charge in [-0.05, 0) is 105 Å². The Balaban J connectivity index is 1.56. The standard InChI is InChI=1S/C23H40O2/c1-15(24-4)19-8-9-20-18-7-6-16-14-17(25-5)10-12-22(16,2)21(18)11-13-23(19,20)3/h15-21H,6-14H2,1-5H3/t15-,16+,17+,18+,19-,20+,21+,22+,23-/m1/s1. The van der Waals surface area contributed by atoms with Gasteiger partial charge in [-0.25, -0.2) is 0 Å². The van der Waals surface area contributed by atoms with Crippen LogP contribution in [-0.2, 0) is 9.47 Å². The third-order valence-electron chi connectivity index (χ3n) is 9.96. The van der Waals surface area contributed by atoms with Crippen LogP contribution in [0.2, 0.25) is 0 Å². The van der Waals surface area contributed by atoms with Crippen LogP contribution in [0.3, 0.4) is 0 Å². The number of fused-ring (bicyclic) bond motifs is 5. The van der Waals surface area contributed by atoms with Gasteiger partial charge >= 0.3 is 0 Å². The molecule has 0 heterocycles. The Hall–Kier alpha value is -0.0800. The van der Waals surface area contributed by atoms with E-state index in [2.05, 4.69) is 20.8 Å². The summed E-state index contributed by atoms with van der Waals surface area (Å²) in [6.07, 6.45) is 13.7. The number of ether oxygens (including phenoxy) is 2. The van der Waals surface area contributed by atoms with Crippen molar-refractivity contribution in [3.63, 3.8) is 0 Å². The molecule has 4 aliphatic rings. The zero-order valence-corrected chi connectivity index (χ0v) is 17.2. The normalized spacial score (nSPS) is 53.6. The van der Waals surface area contributed by atoms with Crippen LogP contribution in [-0.4, -0.2) is 26.4 Å². The van der Waals surface area contributed by atoms with Crippen molar-refractivity contribution in [2.75, 3.05) is 14.2 Å². The van der Waals surface area contributed by atoms with E-state index in [4.69, 9.17) is 9.47 Å². The SMILES string of the molecule is CO[C@H]1CC[C@@]2(C)[C@@H](CC[C@@H]3[C@@H]2CC[C@]2(C)[C@@H]([C@@H](C)OC)CC[C@@H]32)C1. The maximum atomic E-state index is 5.80. The van der Waals surface area contributed by atoms with Gasteiger partial charge in [0, 0.05) is 14.2 Å². The lowest BCUT2D eigenvalue weighted by Crippen LogP contribution is -2.54. The van der Waals surface area contributed by atoms with E-state index in [9.17, 15) is 0 Å². The first-order valence-corrected chi connectivity index (χ1v) is 11.0. The first-order valence-electron chi connectivity index (χ1n) is 11.0. The van der Waals surface area contributed by atoms with Gasteiger partial charge in [0.15, 0.2) is 0 Å². The summed E-state index contributed by atoms with van der Waals surface area (Å²) in [5.41, 5.74) is 1.12. The average molecular weight is 349 g/mol. The molecular weight excluding hydrogens is 308 g/mol. The van der Waals surface area contributed by atoms with Crippen LogP contribution >= 0.6 is 0 Å². The van der Waals surface area contributed by atoms with E-state index in [0.717, 1.165) is 29.6 Å². The molecule has 2 heteroatoms. The molecule has 0 bridgehead atoms. The predicted octanol–water partition coefficient (Wildman–Crippen LogP) is 5.70. The quantitative estimate of drug-likeness (QED) is 0.652. The topological polar surface area (TPSA) is 18.5 Å². The van der Waals surface area contributed by atoms with E-state index in [1.807, 2.05) is 14.2 Å². The molecule has 144 valence electrons. The van der Waals surface area contributed by atoms with Crippen LogP contribution in [0.5, 0.6) is 0 Å². The Labute approximate surface area is 155 Å². The van der Waals surface area contributed by atoms with Gasteiger partial charge < -0.3 is 9.47 Å². The van der Waals surface area contributed by atoms with Crippen LogP contribution < -0.4 is 0 Å². The van der Waals surface area contributed by atoms with E-state index in [0.29, 0.717) is 23.0 Å². The van der Waals surface area contributed by atoms with Crippen LogP contribution in [0, 0.1) is 40.4 Å².